The zero-order valence-corrected chi connectivity index (χ0v) is 16.6. The molecule has 0 spiro atoms. The summed E-state index contributed by atoms with van der Waals surface area (Å²) in [5.41, 5.74) is 2.41. The summed E-state index contributed by atoms with van der Waals surface area (Å²) < 4.78 is 1.05. The van der Waals surface area contributed by atoms with Crippen molar-refractivity contribution in [2.75, 3.05) is 19.3 Å². The van der Waals surface area contributed by atoms with Crippen LogP contribution in [0.1, 0.15) is 30.0 Å². The minimum absolute atomic E-state index is 0.0890. The Morgan fingerprint density at radius 2 is 1.76 bits per heavy atom. The predicted molar refractivity (Wildman–Crippen MR) is 106 cm³/mol. The van der Waals surface area contributed by atoms with E-state index in [0.717, 1.165) is 23.9 Å². The molecule has 2 unspecified atom stereocenters. The van der Waals surface area contributed by atoms with E-state index in [1.165, 1.54) is 16.0 Å². The molecular formula is C20H22BrNO2S. The Morgan fingerprint density at radius 1 is 1.16 bits per heavy atom. The van der Waals surface area contributed by atoms with Gasteiger partial charge in [-0.2, -0.15) is 0 Å². The maximum atomic E-state index is 11.5. The van der Waals surface area contributed by atoms with Crippen molar-refractivity contribution in [3.8, 4) is 0 Å². The number of aliphatic carboxylic acids is 1. The summed E-state index contributed by atoms with van der Waals surface area (Å²) in [5.74, 6) is -0.964. The van der Waals surface area contributed by atoms with Gasteiger partial charge in [-0.25, -0.2) is 0 Å². The van der Waals surface area contributed by atoms with Crippen LogP contribution in [0.25, 0.3) is 0 Å². The van der Waals surface area contributed by atoms with Gasteiger partial charge in [0.15, 0.2) is 0 Å². The Bertz CT molecular complexity index is 717. The van der Waals surface area contributed by atoms with Crippen LogP contribution in [0.15, 0.2) is 57.9 Å². The van der Waals surface area contributed by atoms with Gasteiger partial charge in [0.1, 0.15) is 0 Å². The Kier molecular flexibility index (Phi) is 6.20. The Morgan fingerprint density at radius 3 is 2.32 bits per heavy atom. The van der Waals surface area contributed by atoms with Crippen molar-refractivity contribution in [2.24, 2.45) is 5.92 Å². The van der Waals surface area contributed by atoms with Gasteiger partial charge in [-0.1, -0.05) is 40.2 Å². The average Bonchev–Trinajstić information content (AvgIpc) is 2.64. The van der Waals surface area contributed by atoms with Crippen molar-refractivity contribution >= 4 is 33.7 Å². The molecule has 0 amide bonds. The summed E-state index contributed by atoms with van der Waals surface area (Å²) in [5, 5.41) is 9.45. The summed E-state index contributed by atoms with van der Waals surface area (Å²) in [7, 11) is 0. The molecule has 0 bridgehead atoms. The first-order chi connectivity index (χ1) is 12.1. The van der Waals surface area contributed by atoms with E-state index in [1.54, 1.807) is 11.8 Å². The van der Waals surface area contributed by atoms with Crippen molar-refractivity contribution < 1.29 is 9.90 Å². The van der Waals surface area contributed by atoms with Crippen molar-refractivity contribution in [1.82, 2.24) is 4.90 Å². The number of hydrogen-bond acceptors (Lipinski definition) is 3. The number of benzene rings is 2. The highest BCUT2D eigenvalue weighted by atomic mass is 79.9. The van der Waals surface area contributed by atoms with Crippen LogP contribution in [0.5, 0.6) is 0 Å². The molecule has 1 heterocycles. The van der Waals surface area contributed by atoms with Gasteiger partial charge in [-0.3, -0.25) is 9.69 Å². The zero-order chi connectivity index (χ0) is 17.8. The topological polar surface area (TPSA) is 40.5 Å². The van der Waals surface area contributed by atoms with E-state index in [-0.39, 0.29) is 12.0 Å². The molecule has 0 aliphatic carbocycles. The summed E-state index contributed by atoms with van der Waals surface area (Å²) in [6.45, 7) is 1.52. The number of carboxylic acids is 1. The predicted octanol–water partition coefficient (Wildman–Crippen LogP) is 5.06. The number of halogens is 1. The molecule has 0 saturated carbocycles. The van der Waals surface area contributed by atoms with Gasteiger partial charge >= 0.3 is 5.97 Å². The molecule has 1 aliphatic heterocycles. The molecule has 1 aliphatic rings. The Labute approximate surface area is 161 Å². The third kappa shape index (κ3) is 4.46. The third-order valence-corrected chi connectivity index (χ3v) is 6.06. The van der Waals surface area contributed by atoms with E-state index >= 15 is 0 Å². The smallest absolute Gasteiger partial charge is 0.307 e. The van der Waals surface area contributed by atoms with Gasteiger partial charge < -0.3 is 5.11 Å². The molecule has 0 radical (unpaired) electrons. The molecule has 1 saturated heterocycles. The number of likely N-dealkylation sites (tertiary alicyclic amines) is 1. The fraction of sp³-hybridized carbons (Fsp3) is 0.350. The molecule has 5 heteroatoms. The minimum atomic E-state index is -0.683. The lowest BCUT2D eigenvalue weighted by Gasteiger charge is -2.37. The Hall–Kier alpha value is -1.30. The molecule has 2 aromatic carbocycles. The van der Waals surface area contributed by atoms with E-state index in [4.69, 9.17) is 0 Å². The van der Waals surface area contributed by atoms with E-state index in [1.807, 2.05) is 0 Å². The van der Waals surface area contributed by atoms with Crippen LogP contribution in [-0.4, -0.2) is 35.3 Å². The van der Waals surface area contributed by atoms with Crippen LogP contribution in [0, 0.1) is 5.92 Å². The maximum Gasteiger partial charge on any atom is 0.307 e. The zero-order valence-electron chi connectivity index (χ0n) is 14.2. The largest absolute Gasteiger partial charge is 0.481 e. The number of thioether (sulfide) groups is 1. The summed E-state index contributed by atoms with van der Waals surface area (Å²) in [6.07, 6.45) is 3.76. The van der Waals surface area contributed by atoms with Crippen molar-refractivity contribution in [3.63, 3.8) is 0 Å². The number of hydrogen-bond donors (Lipinski definition) is 1. The van der Waals surface area contributed by atoms with Crippen LogP contribution in [-0.2, 0) is 4.79 Å². The molecule has 25 heavy (non-hydrogen) atoms. The van der Waals surface area contributed by atoms with Crippen molar-refractivity contribution in [2.45, 2.75) is 23.8 Å². The standard InChI is InChI=1S/C20H22BrNO2S/c1-25-18-10-6-15(7-11-18)19(14-4-8-17(21)9-5-14)22-12-2-3-16(13-22)20(23)24/h4-11,16,19H,2-3,12-13H2,1H3,(H,23,24). The number of piperidine rings is 1. The van der Waals surface area contributed by atoms with Crippen LogP contribution < -0.4 is 0 Å². The number of nitrogens with zero attached hydrogens (tertiary/aromatic N) is 1. The Balaban J connectivity index is 1.95. The average molecular weight is 420 g/mol. The van der Waals surface area contributed by atoms with Crippen LogP contribution in [0.2, 0.25) is 0 Å². The van der Waals surface area contributed by atoms with E-state index in [2.05, 4.69) is 75.6 Å². The number of carboxylic acid groups (broad SMARTS) is 1. The second-order valence-corrected chi connectivity index (χ2v) is 8.19. The fourth-order valence-electron chi connectivity index (χ4n) is 3.49. The third-order valence-electron chi connectivity index (χ3n) is 4.78. The fourth-order valence-corrected chi connectivity index (χ4v) is 4.16. The molecule has 1 N–H and O–H groups in total. The lowest BCUT2D eigenvalue weighted by molar-refractivity contribution is -0.143. The summed E-state index contributed by atoms with van der Waals surface area (Å²) in [4.78, 5) is 15.0. The van der Waals surface area contributed by atoms with Crippen LogP contribution in [0.4, 0.5) is 0 Å². The highest BCUT2D eigenvalue weighted by molar-refractivity contribution is 9.10. The molecular weight excluding hydrogens is 398 g/mol. The van der Waals surface area contributed by atoms with E-state index in [9.17, 15) is 9.90 Å². The first-order valence-electron chi connectivity index (χ1n) is 8.44. The second-order valence-electron chi connectivity index (χ2n) is 6.40. The van der Waals surface area contributed by atoms with Crippen LogP contribution in [0.3, 0.4) is 0 Å². The van der Waals surface area contributed by atoms with Gasteiger partial charge in [-0.15, -0.1) is 11.8 Å². The SMILES string of the molecule is CSc1ccc(C(c2ccc(Br)cc2)N2CCCC(C(=O)O)C2)cc1. The number of carbonyl (C=O) groups is 1. The highest BCUT2D eigenvalue weighted by Crippen LogP contribution is 2.34. The van der Waals surface area contributed by atoms with Gasteiger partial charge in [0, 0.05) is 15.9 Å². The summed E-state index contributed by atoms with van der Waals surface area (Å²) >= 11 is 5.23. The molecule has 132 valence electrons. The number of rotatable bonds is 5. The van der Waals surface area contributed by atoms with Crippen LogP contribution >= 0.6 is 27.7 Å². The van der Waals surface area contributed by atoms with Gasteiger partial charge in [0.2, 0.25) is 0 Å². The monoisotopic (exact) mass is 419 g/mol. The highest BCUT2D eigenvalue weighted by Gasteiger charge is 2.31. The lowest BCUT2D eigenvalue weighted by atomic mass is 9.91. The molecule has 3 rings (SSSR count). The second kappa shape index (κ2) is 8.39. The maximum absolute atomic E-state index is 11.5. The van der Waals surface area contributed by atoms with Crippen molar-refractivity contribution in [3.05, 3.63) is 64.1 Å². The van der Waals surface area contributed by atoms with E-state index < -0.39 is 5.97 Å². The molecule has 2 aromatic rings. The first-order valence-corrected chi connectivity index (χ1v) is 10.5. The molecule has 1 fully saturated rings. The molecule has 0 aromatic heterocycles. The summed E-state index contributed by atoms with van der Waals surface area (Å²) in [6, 6.07) is 17.1. The molecule has 3 nitrogen and oxygen atoms in total. The molecule has 2 atom stereocenters. The van der Waals surface area contributed by atoms with E-state index in [0.29, 0.717) is 6.54 Å². The normalized spacial score (nSPS) is 19.5. The van der Waals surface area contributed by atoms with Crippen molar-refractivity contribution in [1.29, 1.82) is 0 Å². The van der Waals surface area contributed by atoms with Gasteiger partial charge in [0.25, 0.3) is 0 Å². The van der Waals surface area contributed by atoms with Gasteiger partial charge in [0.05, 0.1) is 12.0 Å². The minimum Gasteiger partial charge on any atom is -0.481 e. The quantitative estimate of drug-likeness (QED) is 0.687. The van der Waals surface area contributed by atoms with Gasteiger partial charge in [-0.05, 0) is 61.0 Å². The lowest BCUT2D eigenvalue weighted by Crippen LogP contribution is -2.41. The first kappa shape index (κ1) is 18.5.